The number of nitrogens with one attached hydrogen (secondary N) is 3. The fourth-order valence-corrected chi connectivity index (χ4v) is 5.51. The Kier molecular flexibility index (Phi) is 13.0. The van der Waals surface area contributed by atoms with Gasteiger partial charge >= 0.3 is 18.2 Å². The van der Waals surface area contributed by atoms with Gasteiger partial charge in [0, 0.05) is 18.5 Å². The number of carbonyl (C=O) groups is 5. The molecular weight excluding hydrogens is 654 g/mol. The number of anilines is 1. The van der Waals surface area contributed by atoms with Gasteiger partial charge in [-0.15, -0.1) is 0 Å². The number of fused-ring (bicyclic) bond motifs is 1. The summed E-state index contributed by atoms with van der Waals surface area (Å²) < 4.78 is 16.3. The number of rotatable bonds is 11. The highest BCUT2D eigenvalue weighted by Gasteiger charge is 2.34. The Morgan fingerprint density at radius 1 is 0.824 bits per heavy atom. The van der Waals surface area contributed by atoms with Gasteiger partial charge in [0.05, 0.1) is 23.8 Å². The largest absolute Gasteiger partial charge is 0.461 e. The number of hydrogen-bond acceptors (Lipinski definition) is 9. The van der Waals surface area contributed by atoms with E-state index in [-0.39, 0.29) is 18.9 Å². The quantitative estimate of drug-likeness (QED) is 0.167. The summed E-state index contributed by atoms with van der Waals surface area (Å²) in [5, 5.41) is 8.95. The van der Waals surface area contributed by atoms with Crippen LogP contribution < -0.4 is 16.0 Å². The molecule has 0 aliphatic carbocycles. The molecule has 1 aliphatic heterocycles. The zero-order valence-electron chi connectivity index (χ0n) is 30.2. The first-order valence-corrected chi connectivity index (χ1v) is 17.2. The Bertz CT molecular complexity index is 1680. The molecule has 4 rings (SSSR count). The van der Waals surface area contributed by atoms with Crippen LogP contribution in [0.4, 0.5) is 15.3 Å². The zero-order chi connectivity index (χ0) is 37.2. The highest BCUT2D eigenvalue weighted by molar-refractivity contribution is 5.99. The molecule has 51 heavy (non-hydrogen) atoms. The summed E-state index contributed by atoms with van der Waals surface area (Å²) >= 11 is 0. The molecule has 1 saturated heterocycles. The molecule has 13 heteroatoms. The number of ether oxygens (including phenoxy) is 3. The Balaban J connectivity index is 1.51. The SMILES string of the molecule is CC(C)(C)OC(=O)N[C@@H](CC(=O)OCc1ccccc1)C(=O)N[C@@H](CC1CCN(C(=O)OC(C)(C)C)CC1)C(=O)Nc1cnc2ccccc2c1. The summed E-state index contributed by atoms with van der Waals surface area (Å²) in [7, 11) is 0. The van der Waals surface area contributed by atoms with Crippen LogP contribution in [0.15, 0.2) is 66.9 Å². The van der Waals surface area contributed by atoms with Crippen molar-refractivity contribution in [2.24, 2.45) is 5.92 Å². The molecule has 13 nitrogen and oxygen atoms in total. The highest BCUT2D eigenvalue weighted by Crippen LogP contribution is 2.25. The summed E-state index contributed by atoms with van der Waals surface area (Å²) in [6, 6.07) is 15.8. The number of para-hydroxylation sites is 1. The van der Waals surface area contributed by atoms with Crippen LogP contribution in [0.25, 0.3) is 10.9 Å². The van der Waals surface area contributed by atoms with Crippen molar-refractivity contribution >= 4 is 46.6 Å². The Morgan fingerprint density at radius 3 is 2.14 bits per heavy atom. The molecule has 2 aromatic carbocycles. The van der Waals surface area contributed by atoms with Crippen molar-refractivity contribution in [3.8, 4) is 0 Å². The van der Waals surface area contributed by atoms with E-state index in [0.717, 1.165) is 16.5 Å². The van der Waals surface area contributed by atoms with Gasteiger partial charge in [0.25, 0.3) is 0 Å². The molecule has 2 atom stereocenters. The third-order valence-corrected chi connectivity index (χ3v) is 7.95. The second kappa shape index (κ2) is 17.1. The minimum Gasteiger partial charge on any atom is -0.461 e. The predicted octanol–water partition coefficient (Wildman–Crippen LogP) is 5.72. The molecule has 0 saturated carbocycles. The molecule has 3 N–H and O–H groups in total. The number of hydrogen-bond donors (Lipinski definition) is 3. The van der Waals surface area contributed by atoms with Crippen molar-refractivity contribution in [2.45, 2.75) is 97.1 Å². The third kappa shape index (κ3) is 12.9. The van der Waals surface area contributed by atoms with E-state index in [1.165, 1.54) is 6.20 Å². The maximum absolute atomic E-state index is 13.9. The maximum atomic E-state index is 13.9. The summed E-state index contributed by atoms with van der Waals surface area (Å²) in [6.07, 6.45) is 1.10. The number of piperidine rings is 1. The Labute approximate surface area is 298 Å². The van der Waals surface area contributed by atoms with Crippen molar-refractivity contribution in [1.82, 2.24) is 20.5 Å². The van der Waals surface area contributed by atoms with Crippen LogP contribution >= 0.6 is 0 Å². The number of amides is 4. The molecule has 1 fully saturated rings. The summed E-state index contributed by atoms with van der Waals surface area (Å²) in [4.78, 5) is 72.2. The summed E-state index contributed by atoms with van der Waals surface area (Å²) in [6.45, 7) is 11.3. The standard InChI is InChI=1S/C38H49N5O8/c1-37(2,3)50-35(47)42-31(22-32(44)49-24-26-12-8-7-9-13-26)34(46)41-30(20-25-16-18-43(19-17-25)36(48)51-38(4,5)6)33(45)40-28-21-27-14-10-11-15-29(27)39-23-28/h7-15,21,23,25,30-31H,16-20,22,24H2,1-6H3,(H,40,45)(H,41,46)(H,42,47)/t30-,31-/m0/s1. The molecular formula is C38H49N5O8. The van der Waals surface area contributed by atoms with E-state index >= 15 is 0 Å². The molecule has 3 aromatic rings. The van der Waals surface area contributed by atoms with E-state index in [1.807, 2.05) is 63.2 Å². The Hall–Kier alpha value is -5.20. The lowest BCUT2D eigenvalue weighted by Gasteiger charge is -2.34. The van der Waals surface area contributed by atoms with Crippen LogP contribution in [0.5, 0.6) is 0 Å². The van der Waals surface area contributed by atoms with Crippen LogP contribution in [0, 0.1) is 5.92 Å². The average Bonchev–Trinajstić information content (AvgIpc) is 3.05. The number of nitrogens with zero attached hydrogens (tertiary/aromatic N) is 2. The van der Waals surface area contributed by atoms with Gasteiger partial charge in [0.2, 0.25) is 11.8 Å². The van der Waals surface area contributed by atoms with Crippen LogP contribution in [0.2, 0.25) is 0 Å². The number of esters is 1. The monoisotopic (exact) mass is 703 g/mol. The van der Waals surface area contributed by atoms with Gasteiger partial charge in [-0.3, -0.25) is 19.4 Å². The molecule has 0 bridgehead atoms. The van der Waals surface area contributed by atoms with Crippen molar-refractivity contribution < 1.29 is 38.2 Å². The highest BCUT2D eigenvalue weighted by atomic mass is 16.6. The van der Waals surface area contributed by atoms with Crippen LogP contribution in [0.3, 0.4) is 0 Å². The van der Waals surface area contributed by atoms with Crippen molar-refractivity contribution in [2.75, 3.05) is 18.4 Å². The van der Waals surface area contributed by atoms with Gasteiger partial charge in [-0.2, -0.15) is 0 Å². The van der Waals surface area contributed by atoms with E-state index in [9.17, 15) is 24.0 Å². The average molecular weight is 704 g/mol. The first kappa shape index (κ1) is 38.6. The molecule has 4 amide bonds. The van der Waals surface area contributed by atoms with Gasteiger partial charge in [0.1, 0.15) is 29.9 Å². The van der Waals surface area contributed by atoms with E-state index in [2.05, 4.69) is 20.9 Å². The predicted molar refractivity (Wildman–Crippen MR) is 191 cm³/mol. The lowest BCUT2D eigenvalue weighted by atomic mass is 9.89. The van der Waals surface area contributed by atoms with Crippen molar-refractivity contribution in [3.63, 3.8) is 0 Å². The summed E-state index contributed by atoms with van der Waals surface area (Å²) in [5.74, 6) is -2.03. The molecule has 2 heterocycles. The van der Waals surface area contributed by atoms with Gasteiger partial charge in [0.15, 0.2) is 0 Å². The van der Waals surface area contributed by atoms with E-state index < -0.39 is 59.7 Å². The van der Waals surface area contributed by atoms with Gasteiger partial charge < -0.3 is 35.1 Å². The minimum absolute atomic E-state index is 0.0206. The molecule has 274 valence electrons. The first-order valence-electron chi connectivity index (χ1n) is 17.2. The topological polar surface area (TPSA) is 165 Å². The maximum Gasteiger partial charge on any atom is 0.410 e. The number of pyridine rings is 1. The lowest BCUT2D eigenvalue weighted by Crippen LogP contribution is -2.54. The smallest absolute Gasteiger partial charge is 0.410 e. The van der Waals surface area contributed by atoms with Crippen LogP contribution in [0.1, 0.15) is 72.8 Å². The number of carbonyl (C=O) groups excluding carboxylic acids is 5. The minimum atomic E-state index is -1.41. The lowest BCUT2D eigenvalue weighted by molar-refractivity contribution is -0.147. The zero-order valence-corrected chi connectivity index (χ0v) is 30.2. The molecule has 0 radical (unpaired) electrons. The van der Waals surface area contributed by atoms with Crippen molar-refractivity contribution in [3.05, 3.63) is 72.4 Å². The number of aromatic nitrogens is 1. The van der Waals surface area contributed by atoms with Crippen molar-refractivity contribution in [1.29, 1.82) is 0 Å². The third-order valence-electron chi connectivity index (χ3n) is 7.95. The van der Waals surface area contributed by atoms with Gasteiger partial charge in [-0.05, 0) is 84.4 Å². The first-order chi connectivity index (χ1) is 24.0. The van der Waals surface area contributed by atoms with Crippen LogP contribution in [-0.4, -0.2) is 76.2 Å². The second-order valence-corrected chi connectivity index (χ2v) is 14.7. The Morgan fingerprint density at radius 2 is 1.47 bits per heavy atom. The van der Waals surface area contributed by atoms with Crippen LogP contribution in [-0.2, 0) is 35.2 Å². The normalized spacial score (nSPS) is 14.9. The fraction of sp³-hybridized carbons (Fsp3) is 0.474. The van der Waals surface area contributed by atoms with E-state index in [1.54, 1.807) is 43.9 Å². The number of alkyl carbamates (subject to hydrolysis) is 1. The molecule has 0 unspecified atom stereocenters. The number of benzene rings is 2. The second-order valence-electron chi connectivity index (χ2n) is 14.7. The molecule has 1 aliphatic rings. The van der Waals surface area contributed by atoms with E-state index in [4.69, 9.17) is 14.2 Å². The van der Waals surface area contributed by atoms with Gasteiger partial charge in [-0.1, -0.05) is 48.5 Å². The fourth-order valence-electron chi connectivity index (χ4n) is 5.51. The van der Waals surface area contributed by atoms with Gasteiger partial charge in [-0.25, -0.2) is 9.59 Å². The number of likely N-dealkylation sites (tertiary alicyclic amines) is 1. The molecule has 1 aromatic heterocycles. The van der Waals surface area contributed by atoms with E-state index in [0.29, 0.717) is 31.6 Å². The molecule has 0 spiro atoms. The summed E-state index contributed by atoms with van der Waals surface area (Å²) in [5.41, 5.74) is 0.447.